The Balaban J connectivity index is 1.58. The molecule has 3 rings (SSSR count). The fourth-order valence-corrected chi connectivity index (χ4v) is 5.40. The van der Waals surface area contributed by atoms with Gasteiger partial charge in [-0.15, -0.1) is 0 Å². The first kappa shape index (κ1) is 21.4. The predicted molar refractivity (Wildman–Crippen MR) is 107 cm³/mol. The van der Waals surface area contributed by atoms with Crippen molar-refractivity contribution in [3.8, 4) is 0 Å². The molecule has 3 fully saturated rings. The topological polar surface area (TPSA) is 73.3 Å². The Hall–Kier alpha value is -1.34. The van der Waals surface area contributed by atoms with E-state index in [1.54, 1.807) is 0 Å². The summed E-state index contributed by atoms with van der Waals surface area (Å²) in [4.78, 5) is 30.9. The number of rotatable bonds is 5. The van der Waals surface area contributed by atoms with E-state index in [1.807, 2.05) is 16.7 Å². The van der Waals surface area contributed by atoms with Gasteiger partial charge in [-0.2, -0.15) is 0 Å². The number of hydrogen-bond acceptors (Lipinski definition) is 5. The number of aliphatic hydroxyl groups excluding tert-OH is 1. The quantitative estimate of drug-likeness (QED) is 0.773. The van der Waals surface area contributed by atoms with Crippen molar-refractivity contribution in [3.63, 3.8) is 0 Å². The standard InChI is InChI=1S/C21H37N3O4/c1-3-28-20(27)22-14-11-21(2,16-22)23-12-9-18(10-13-23)24(19(26)15-25)17-7-5-4-6-8-17/h17-18,25H,3-16H2,1-2H3. The van der Waals surface area contributed by atoms with Gasteiger partial charge in [0.15, 0.2) is 0 Å². The van der Waals surface area contributed by atoms with Crippen LogP contribution < -0.4 is 0 Å². The van der Waals surface area contributed by atoms with E-state index in [1.165, 1.54) is 19.3 Å². The molecule has 7 heteroatoms. The molecular weight excluding hydrogens is 358 g/mol. The van der Waals surface area contributed by atoms with Crippen LogP contribution in [0, 0.1) is 0 Å². The summed E-state index contributed by atoms with van der Waals surface area (Å²) in [5, 5.41) is 9.51. The zero-order valence-electron chi connectivity index (χ0n) is 17.6. The minimum Gasteiger partial charge on any atom is -0.450 e. The number of nitrogens with zero attached hydrogens (tertiary/aromatic N) is 3. The lowest BCUT2D eigenvalue weighted by Gasteiger charge is -2.47. The molecule has 2 aliphatic heterocycles. The van der Waals surface area contributed by atoms with Gasteiger partial charge >= 0.3 is 6.09 Å². The van der Waals surface area contributed by atoms with Crippen LogP contribution in [0.2, 0.25) is 0 Å². The summed E-state index contributed by atoms with van der Waals surface area (Å²) < 4.78 is 5.16. The average molecular weight is 396 g/mol. The second-order valence-electron chi connectivity index (χ2n) is 8.84. The molecule has 3 aliphatic rings. The van der Waals surface area contributed by atoms with Crippen molar-refractivity contribution >= 4 is 12.0 Å². The van der Waals surface area contributed by atoms with E-state index < -0.39 is 0 Å². The fourth-order valence-electron chi connectivity index (χ4n) is 5.40. The Morgan fingerprint density at radius 2 is 1.71 bits per heavy atom. The molecule has 0 aromatic carbocycles. The zero-order chi connectivity index (χ0) is 20.1. The molecule has 2 amide bonds. The van der Waals surface area contributed by atoms with Gasteiger partial charge in [-0.25, -0.2) is 4.79 Å². The Kier molecular flexibility index (Phi) is 7.20. The van der Waals surface area contributed by atoms with Gasteiger partial charge in [0.1, 0.15) is 6.61 Å². The van der Waals surface area contributed by atoms with Gasteiger partial charge in [0.2, 0.25) is 5.91 Å². The Bertz CT molecular complexity index is 544. The highest BCUT2D eigenvalue weighted by Crippen LogP contribution is 2.33. The van der Waals surface area contributed by atoms with Gasteiger partial charge in [0, 0.05) is 43.8 Å². The number of hydrogen-bond donors (Lipinski definition) is 1. The third kappa shape index (κ3) is 4.62. The SMILES string of the molecule is CCOC(=O)N1CCC(C)(N2CCC(N(C(=O)CO)C3CCCCC3)CC2)C1. The summed E-state index contributed by atoms with van der Waals surface area (Å²) in [7, 11) is 0. The second-order valence-corrected chi connectivity index (χ2v) is 8.84. The number of aliphatic hydroxyl groups is 1. The minimum absolute atomic E-state index is 0.0195. The Labute approximate surface area is 169 Å². The van der Waals surface area contributed by atoms with E-state index in [4.69, 9.17) is 4.74 Å². The Morgan fingerprint density at radius 3 is 2.32 bits per heavy atom. The van der Waals surface area contributed by atoms with Gasteiger partial charge in [0.25, 0.3) is 0 Å². The van der Waals surface area contributed by atoms with Crippen molar-refractivity contribution in [1.29, 1.82) is 0 Å². The van der Waals surface area contributed by atoms with Crippen molar-refractivity contribution < 1.29 is 19.4 Å². The maximum Gasteiger partial charge on any atom is 0.409 e. The molecule has 7 nitrogen and oxygen atoms in total. The number of carbonyl (C=O) groups is 2. The molecule has 1 atom stereocenters. The lowest BCUT2D eigenvalue weighted by atomic mass is 9.89. The van der Waals surface area contributed by atoms with Crippen molar-refractivity contribution in [2.45, 2.75) is 82.8 Å². The number of amides is 2. The fraction of sp³-hybridized carbons (Fsp3) is 0.905. The summed E-state index contributed by atoms with van der Waals surface area (Å²) in [6.07, 6.45) is 8.38. The van der Waals surface area contributed by atoms with Crippen LogP contribution >= 0.6 is 0 Å². The smallest absolute Gasteiger partial charge is 0.409 e. The van der Waals surface area contributed by atoms with E-state index >= 15 is 0 Å². The van der Waals surface area contributed by atoms with Crippen LogP contribution in [-0.4, -0.2) is 88.8 Å². The van der Waals surface area contributed by atoms with Crippen LogP contribution in [0.5, 0.6) is 0 Å². The van der Waals surface area contributed by atoms with Crippen LogP contribution in [0.3, 0.4) is 0 Å². The first-order valence-electron chi connectivity index (χ1n) is 11.1. The molecule has 0 radical (unpaired) electrons. The van der Waals surface area contributed by atoms with Gasteiger partial charge in [-0.05, 0) is 46.0 Å². The molecule has 2 heterocycles. The molecule has 2 saturated heterocycles. The van der Waals surface area contributed by atoms with E-state index in [0.29, 0.717) is 19.2 Å². The van der Waals surface area contributed by atoms with Gasteiger partial charge in [-0.3, -0.25) is 9.69 Å². The summed E-state index contributed by atoms with van der Waals surface area (Å²) in [5.41, 5.74) is -0.0195. The summed E-state index contributed by atoms with van der Waals surface area (Å²) >= 11 is 0. The van der Waals surface area contributed by atoms with E-state index in [-0.39, 0.29) is 30.2 Å². The molecule has 160 valence electrons. The number of likely N-dealkylation sites (tertiary alicyclic amines) is 2. The first-order chi connectivity index (χ1) is 13.5. The highest BCUT2D eigenvalue weighted by Gasteiger charge is 2.43. The van der Waals surface area contributed by atoms with Crippen LogP contribution in [0.15, 0.2) is 0 Å². The van der Waals surface area contributed by atoms with Crippen LogP contribution in [0.1, 0.15) is 65.2 Å². The lowest BCUT2D eigenvalue weighted by molar-refractivity contribution is -0.141. The van der Waals surface area contributed by atoms with Gasteiger partial charge in [0.05, 0.1) is 6.61 Å². The molecule has 0 aromatic rings. The van der Waals surface area contributed by atoms with Gasteiger partial charge < -0.3 is 19.6 Å². The van der Waals surface area contributed by atoms with Gasteiger partial charge in [-0.1, -0.05) is 19.3 Å². The third-order valence-corrected chi connectivity index (χ3v) is 6.99. The van der Waals surface area contributed by atoms with Crippen molar-refractivity contribution in [2.24, 2.45) is 0 Å². The summed E-state index contributed by atoms with van der Waals surface area (Å²) in [6.45, 7) is 7.41. The molecule has 1 unspecified atom stereocenters. The van der Waals surface area contributed by atoms with Crippen LogP contribution in [0.4, 0.5) is 4.79 Å². The van der Waals surface area contributed by atoms with E-state index in [9.17, 15) is 14.7 Å². The largest absolute Gasteiger partial charge is 0.450 e. The van der Waals surface area contributed by atoms with Crippen molar-refractivity contribution in [3.05, 3.63) is 0 Å². The normalized spacial score (nSPS) is 27.8. The summed E-state index contributed by atoms with van der Waals surface area (Å²) in [6, 6.07) is 0.525. The van der Waals surface area contributed by atoms with Crippen molar-refractivity contribution in [1.82, 2.24) is 14.7 Å². The Morgan fingerprint density at radius 1 is 1.07 bits per heavy atom. The number of ether oxygens (including phenoxy) is 1. The molecule has 0 bridgehead atoms. The molecule has 0 spiro atoms. The molecule has 1 N–H and O–H groups in total. The lowest BCUT2D eigenvalue weighted by Crippen LogP contribution is -2.57. The van der Waals surface area contributed by atoms with Crippen LogP contribution in [-0.2, 0) is 9.53 Å². The average Bonchev–Trinajstić information content (AvgIpc) is 3.13. The molecule has 0 aromatic heterocycles. The highest BCUT2D eigenvalue weighted by atomic mass is 16.6. The zero-order valence-corrected chi connectivity index (χ0v) is 17.6. The molecule has 1 aliphatic carbocycles. The molecule has 28 heavy (non-hydrogen) atoms. The number of piperidine rings is 1. The third-order valence-electron chi connectivity index (χ3n) is 6.99. The highest BCUT2D eigenvalue weighted by molar-refractivity contribution is 5.78. The van der Waals surface area contributed by atoms with E-state index in [0.717, 1.165) is 51.7 Å². The number of carbonyl (C=O) groups excluding carboxylic acids is 2. The maximum absolute atomic E-state index is 12.5. The summed E-state index contributed by atoms with van der Waals surface area (Å²) in [5.74, 6) is -0.106. The maximum atomic E-state index is 12.5. The first-order valence-corrected chi connectivity index (χ1v) is 11.1. The predicted octanol–water partition coefficient (Wildman–Crippen LogP) is 2.23. The second kappa shape index (κ2) is 9.44. The van der Waals surface area contributed by atoms with Crippen LogP contribution in [0.25, 0.3) is 0 Å². The minimum atomic E-state index is -0.386. The monoisotopic (exact) mass is 395 g/mol. The molecule has 1 saturated carbocycles. The van der Waals surface area contributed by atoms with Crippen molar-refractivity contribution in [2.75, 3.05) is 39.4 Å². The van der Waals surface area contributed by atoms with E-state index in [2.05, 4.69) is 11.8 Å². The molecular formula is C21H37N3O4.